The van der Waals surface area contributed by atoms with Crippen LogP contribution in [-0.2, 0) is 54.3 Å². The highest BCUT2D eigenvalue weighted by molar-refractivity contribution is 6.18. The van der Waals surface area contributed by atoms with Gasteiger partial charge in [-0.25, -0.2) is 4.79 Å². The van der Waals surface area contributed by atoms with Gasteiger partial charge in [0.05, 0.1) is 43.7 Å². The second-order valence-electron chi connectivity index (χ2n) is 16.0. The van der Waals surface area contributed by atoms with Crippen LogP contribution in [0.5, 0.6) is 0 Å². The summed E-state index contributed by atoms with van der Waals surface area (Å²) in [5.41, 5.74) is 22.9. The number of nitrogens with two attached hydrogens (primary N) is 4. The maximum absolute atomic E-state index is 14.2. The molecule has 28 heteroatoms. The van der Waals surface area contributed by atoms with E-state index >= 15 is 0 Å². The Hall–Kier alpha value is -6.33. The Morgan fingerprint density at radius 1 is 0.757 bits per heavy atom. The Morgan fingerprint density at radius 2 is 1.29 bits per heavy atom. The quantitative estimate of drug-likeness (QED) is 0.0241. The number of unbranched alkanes of at least 4 members (excludes halogenated alkanes) is 1. The number of hydrogen-bond donors (Lipinski definition) is 17. The van der Waals surface area contributed by atoms with E-state index in [2.05, 4.69) is 37.2 Å². The number of benzene rings is 1. The molecule has 0 aliphatic carbocycles. The van der Waals surface area contributed by atoms with E-state index in [0.717, 1.165) is 6.08 Å². The molecule has 10 atom stereocenters. The van der Waals surface area contributed by atoms with Crippen LogP contribution in [0.15, 0.2) is 42.1 Å². The Labute approximate surface area is 407 Å². The summed E-state index contributed by atoms with van der Waals surface area (Å²) >= 11 is 5.84. The Kier molecular flexibility index (Phi) is 26.5. The first-order valence-electron chi connectivity index (χ1n) is 22.2. The summed E-state index contributed by atoms with van der Waals surface area (Å²) in [6.45, 7) is -1.39. The van der Waals surface area contributed by atoms with Crippen molar-refractivity contribution >= 4 is 70.7 Å². The summed E-state index contributed by atoms with van der Waals surface area (Å²) in [5, 5.41) is 67.3. The first kappa shape index (κ1) is 59.8. The fourth-order valence-electron chi connectivity index (χ4n) is 6.58. The van der Waals surface area contributed by atoms with Gasteiger partial charge in [0.2, 0.25) is 41.4 Å². The van der Waals surface area contributed by atoms with Gasteiger partial charge in [-0.15, -0.1) is 11.6 Å². The number of amides is 8. The molecule has 0 saturated carbocycles. The standard InChI is InChI=1S/C42H66ClN13O14/c1-2-23-35(61)56-32(33(59)42(68)69)41(67)55-29(30(58)17-43)20-70-19-22(46)34(60)54-28(18-57)40(66)52-26(13-15-45)38(64)51-25(12-14-44)37(63)50-24(10-6-7-11-31(47)48)36(62)53-27(39(65)49-23)16-21-8-4-3-5-9-21/h2-5,8-9,22,24-30,32-33,57-59H,6-7,10-20,44-46H2,1H3,(H3,47,48)(H,49,65)(H,50,63)(H,51,64)(H,52,66)(H,53,62)(H,54,60)(H,55,67)(H,56,61)(H,68,69)/b23-2-/t22-,24-,25+,26-,27-,28+,29+,30+,32-,33-/m0/s1. The van der Waals surface area contributed by atoms with E-state index in [-0.39, 0.29) is 57.5 Å². The third kappa shape index (κ3) is 19.9. The molecule has 0 aromatic heterocycles. The second kappa shape index (κ2) is 31.0. The van der Waals surface area contributed by atoms with Crippen LogP contribution in [0.2, 0.25) is 0 Å². The number of aliphatic hydroxyl groups is 3. The minimum Gasteiger partial charge on any atom is -0.479 e. The number of allylic oxidation sites excluding steroid dienone is 1. The van der Waals surface area contributed by atoms with Crippen LogP contribution in [0, 0.1) is 5.41 Å². The molecule has 0 bridgehead atoms. The monoisotopic (exact) mass is 1010 g/mol. The lowest BCUT2D eigenvalue weighted by molar-refractivity contribution is -0.152. The first-order chi connectivity index (χ1) is 33.2. The Balaban J connectivity index is 2.73. The van der Waals surface area contributed by atoms with Crippen molar-refractivity contribution < 1.29 is 68.3 Å². The van der Waals surface area contributed by atoms with Crippen LogP contribution in [0.25, 0.3) is 0 Å². The van der Waals surface area contributed by atoms with Gasteiger partial charge in [-0.3, -0.25) is 43.8 Å². The van der Waals surface area contributed by atoms with Crippen molar-refractivity contribution in [3.05, 3.63) is 47.7 Å². The maximum Gasteiger partial charge on any atom is 0.335 e. The average Bonchev–Trinajstić information content (AvgIpc) is 3.32. The number of halogens is 1. The van der Waals surface area contributed by atoms with Crippen molar-refractivity contribution in [1.29, 1.82) is 5.41 Å². The van der Waals surface area contributed by atoms with Crippen LogP contribution in [-0.4, -0.2) is 179 Å². The van der Waals surface area contributed by atoms with Crippen molar-refractivity contribution in [2.45, 2.75) is 112 Å². The first-order valence-corrected chi connectivity index (χ1v) is 22.7. The molecule has 0 unspecified atom stereocenters. The van der Waals surface area contributed by atoms with Crippen LogP contribution in [0.4, 0.5) is 0 Å². The molecule has 1 fully saturated rings. The number of carboxylic acid groups (broad SMARTS) is 1. The van der Waals surface area contributed by atoms with Crippen molar-refractivity contribution in [2.75, 3.05) is 38.8 Å². The molecule has 1 heterocycles. The number of amidine groups is 1. The van der Waals surface area contributed by atoms with Gasteiger partial charge in [0.15, 0.2) is 6.10 Å². The minimum absolute atomic E-state index is 0.0929. The normalized spacial score (nSPS) is 26.0. The zero-order chi connectivity index (χ0) is 52.5. The van der Waals surface area contributed by atoms with Gasteiger partial charge in [-0.2, -0.15) is 0 Å². The molecule has 1 saturated heterocycles. The van der Waals surface area contributed by atoms with E-state index in [1.54, 1.807) is 30.3 Å². The summed E-state index contributed by atoms with van der Waals surface area (Å²) in [4.78, 5) is 122. The van der Waals surface area contributed by atoms with E-state index in [9.17, 15) is 63.6 Å². The van der Waals surface area contributed by atoms with Crippen molar-refractivity contribution in [1.82, 2.24) is 42.5 Å². The predicted octanol–water partition coefficient (Wildman–Crippen LogP) is -6.77. The van der Waals surface area contributed by atoms with Gasteiger partial charge in [-0.1, -0.05) is 42.8 Å². The molecule has 1 aromatic rings. The lowest BCUT2D eigenvalue weighted by Gasteiger charge is -2.28. The summed E-state index contributed by atoms with van der Waals surface area (Å²) < 4.78 is 5.43. The molecular formula is C42H66ClN13O14. The van der Waals surface area contributed by atoms with Gasteiger partial charge >= 0.3 is 5.97 Å². The summed E-state index contributed by atoms with van der Waals surface area (Å²) in [5.74, 6) is -11.3. The van der Waals surface area contributed by atoms with Gasteiger partial charge in [-0.05, 0) is 51.3 Å². The molecule has 1 aliphatic rings. The molecule has 1 aliphatic heterocycles. The highest BCUT2D eigenvalue weighted by Crippen LogP contribution is 2.11. The third-order valence-corrected chi connectivity index (χ3v) is 10.9. The molecule has 2 rings (SSSR count). The Bertz CT molecular complexity index is 2000. The fraction of sp³-hybridized carbons (Fsp3) is 0.571. The Morgan fingerprint density at radius 3 is 1.79 bits per heavy atom. The van der Waals surface area contributed by atoms with E-state index in [0.29, 0.717) is 12.0 Å². The van der Waals surface area contributed by atoms with Crippen LogP contribution in [0.3, 0.4) is 0 Å². The highest BCUT2D eigenvalue weighted by atomic mass is 35.5. The van der Waals surface area contributed by atoms with E-state index in [1.807, 2.05) is 5.32 Å². The van der Waals surface area contributed by atoms with Crippen LogP contribution < -0.4 is 65.5 Å². The van der Waals surface area contributed by atoms with Crippen molar-refractivity contribution in [3.63, 3.8) is 0 Å². The summed E-state index contributed by atoms with van der Waals surface area (Å²) in [6.07, 6.45) is -3.25. The molecule has 70 heavy (non-hydrogen) atoms. The number of carbonyl (C=O) groups excluding carboxylic acids is 8. The number of aliphatic carboxylic acids is 1. The molecule has 21 N–H and O–H groups in total. The zero-order valence-electron chi connectivity index (χ0n) is 38.5. The average molecular weight is 1010 g/mol. The molecule has 0 radical (unpaired) electrons. The van der Waals surface area contributed by atoms with E-state index in [1.165, 1.54) is 6.92 Å². The molecular weight excluding hydrogens is 946 g/mol. The second-order valence-corrected chi connectivity index (χ2v) is 16.3. The number of rotatable bonds is 16. The maximum atomic E-state index is 14.2. The third-order valence-electron chi connectivity index (χ3n) is 10.5. The number of carboxylic acids is 1. The number of alkyl halides is 1. The molecule has 0 spiro atoms. The predicted molar refractivity (Wildman–Crippen MR) is 250 cm³/mol. The van der Waals surface area contributed by atoms with Crippen molar-refractivity contribution in [3.8, 4) is 0 Å². The van der Waals surface area contributed by atoms with Gasteiger partial charge in [0, 0.05) is 12.8 Å². The van der Waals surface area contributed by atoms with Gasteiger partial charge < -0.3 is 90.6 Å². The number of hydrogen-bond acceptors (Lipinski definition) is 17. The highest BCUT2D eigenvalue weighted by Gasteiger charge is 2.38. The molecule has 8 amide bonds. The smallest absolute Gasteiger partial charge is 0.335 e. The molecule has 1 aromatic carbocycles. The number of nitrogens with one attached hydrogen (secondary N) is 9. The van der Waals surface area contributed by atoms with Crippen molar-refractivity contribution in [2.24, 2.45) is 22.9 Å². The van der Waals surface area contributed by atoms with Gasteiger partial charge in [0.1, 0.15) is 48.0 Å². The van der Waals surface area contributed by atoms with Crippen LogP contribution >= 0.6 is 11.6 Å². The van der Waals surface area contributed by atoms with Crippen LogP contribution in [0.1, 0.15) is 51.0 Å². The molecule has 390 valence electrons. The van der Waals surface area contributed by atoms with Gasteiger partial charge in [0.25, 0.3) is 5.91 Å². The largest absolute Gasteiger partial charge is 0.479 e. The topological polar surface area (TPSA) is 468 Å². The van der Waals surface area contributed by atoms with E-state index < -0.39 is 145 Å². The molecule has 27 nitrogen and oxygen atoms in total. The lowest BCUT2D eigenvalue weighted by atomic mass is 10.0. The minimum atomic E-state index is -2.63. The van der Waals surface area contributed by atoms with E-state index in [4.69, 9.17) is 44.7 Å². The SMILES string of the molecule is C/C=C1\NC(=O)[C@H](Cc2ccccc2)NC(=O)[C@H](CCCCC(=N)N)NC(=O)[C@@H](CCN)NC(=O)[C@H](CCN)NC(=O)[C@@H](CO)NC(=O)[C@@H](N)COC[C@H]([C@H](O)CCl)NC(=O)[C@H]([C@H](O)C(=O)O)NC1=O. The number of aliphatic hydroxyl groups excluding tert-OH is 3. The number of ether oxygens (including phenoxy) is 1. The fourth-order valence-corrected chi connectivity index (χ4v) is 6.80. The summed E-state index contributed by atoms with van der Waals surface area (Å²) in [6, 6.07) is -4.69. The number of carbonyl (C=O) groups is 9. The zero-order valence-corrected chi connectivity index (χ0v) is 39.2. The summed E-state index contributed by atoms with van der Waals surface area (Å²) in [7, 11) is 0. The lowest BCUT2D eigenvalue weighted by Crippen LogP contribution is -2.61.